The zero-order valence-corrected chi connectivity index (χ0v) is 12.6. The molecule has 0 saturated heterocycles. The topological polar surface area (TPSA) is 35.8 Å². The number of thiophene rings is 1. The van der Waals surface area contributed by atoms with E-state index in [1.165, 1.54) is 21.9 Å². The quantitative estimate of drug-likeness (QED) is 0.891. The summed E-state index contributed by atoms with van der Waals surface area (Å²) < 4.78 is 13.1. The minimum absolute atomic E-state index is 0.149. The molecule has 2 rings (SSSR count). The van der Waals surface area contributed by atoms with Crippen LogP contribution in [0.25, 0.3) is 0 Å². The van der Waals surface area contributed by atoms with E-state index in [0.717, 1.165) is 0 Å². The first-order valence-electron chi connectivity index (χ1n) is 6.43. The Balaban J connectivity index is 2.10. The third-order valence-corrected chi connectivity index (χ3v) is 4.47. The van der Waals surface area contributed by atoms with Crippen LogP contribution >= 0.6 is 11.3 Å². The molecule has 0 radical (unpaired) electrons. The standard InChI is InChI=1S/C16H17FN2S/c1-16(2,3)15-7-5-13(20-15)10-19-14-6-4-12(17)8-11(14)9-18/h4-8,19H,10H2,1-3H3. The molecule has 0 bridgehead atoms. The van der Waals surface area contributed by atoms with Gasteiger partial charge < -0.3 is 5.32 Å². The summed E-state index contributed by atoms with van der Waals surface area (Å²) in [4.78, 5) is 2.53. The van der Waals surface area contributed by atoms with E-state index in [1.807, 2.05) is 6.07 Å². The molecular formula is C16H17FN2S. The largest absolute Gasteiger partial charge is 0.379 e. The van der Waals surface area contributed by atoms with Crippen molar-refractivity contribution in [3.05, 3.63) is 51.5 Å². The van der Waals surface area contributed by atoms with E-state index >= 15 is 0 Å². The highest BCUT2D eigenvalue weighted by atomic mass is 32.1. The Morgan fingerprint density at radius 1 is 1.25 bits per heavy atom. The Kier molecular flexibility index (Phi) is 4.10. The van der Waals surface area contributed by atoms with Gasteiger partial charge in [0.25, 0.3) is 0 Å². The van der Waals surface area contributed by atoms with Crippen molar-refractivity contribution in [3.63, 3.8) is 0 Å². The van der Waals surface area contributed by atoms with Gasteiger partial charge in [0.2, 0.25) is 0 Å². The summed E-state index contributed by atoms with van der Waals surface area (Å²) in [7, 11) is 0. The molecule has 1 aromatic carbocycles. The van der Waals surface area contributed by atoms with Gasteiger partial charge in [-0.25, -0.2) is 4.39 Å². The van der Waals surface area contributed by atoms with Gasteiger partial charge >= 0.3 is 0 Å². The molecule has 0 atom stereocenters. The molecule has 0 unspecified atom stereocenters. The van der Waals surface area contributed by atoms with E-state index in [9.17, 15) is 4.39 Å². The van der Waals surface area contributed by atoms with Crippen LogP contribution in [0.4, 0.5) is 10.1 Å². The molecular weight excluding hydrogens is 271 g/mol. The molecule has 20 heavy (non-hydrogen) atoms. The third kappa shape index (κ3) is 3.37. The Morgan fingerprint density at radius 2 is 2.00 bits per heavy atom. The van der Waals surface area contributed by atoms with Gasteiger partial charge in [-0.05, 0) is 35.7 Å². The van der Waals surface area contributed by atoms with E-state index in [-0.39, 0.29) is 5.41 Å². The molecule has 2 nitrogen and oxygen atoms in total. The number of halogens is 1. The number of rotatable bonds is 3. The Bertz CT molecular complexity index is 647. The molecule has 0 spiro atoms. The van der Waals surface area contributed by atoms with Gasteiger partial charge in [-0.3, -0.25) is 0 Å². The second-order valence-corrected chi connectivity index (χ2v) is 6.84. The van der Waals surface area contributed by atoms with E-state index < -0.39 is 5.82 Å². The molecule has 1 N–H and O–H groups in total. The van der Waals surface area contributed by atoms with Gasteiger partial charge in [0, 0.05) is 16.3 Å². The zero-order chi connectivity index (χ0) is 14.8. The van der Waals surface area contributed by atoms with Crippen molar-refractivity contribution in [3.8, 4) is 6.07 Å². The average Bonchev–Trinajstić information content (AvgIpc) is 2.86. The van der Waals surface area contributed by atoms with E-state index in [2.05, 4.69) is 38.2 Å². The maximum atomic E-state index is 13.1. The van der Waals surface area contributed by atoms with Crippen molar-refractivity contribution in [2.24, 2.45) is 0 Å². The van der Waals surface area contributed by atoms with Gasteiger partial charge in [-0.1, -0.05) is 20.8 Å². The Labute approximate surface area is 122 Å². The van der Waals surface area contributed by atoms with Crippen molar-refractivity contribution in [1.82, 2.24) is 0 Å². The Morgan fingerprint density at radius 3 is 2.60 bits per heavy atom. The van der Waals surface area contributed by atoms with Gasteiger partial charge in [-0.2, -0.15) is 5.26 Å². The second kappa shape index (κ2) is 5.64. The van der Waals surface area contributed by atoms with Crippen LogP contribution in [0, 0.1) is 17.1 Å². The number of hydrogen-bond donors (Lipinski definition) is 1. The summed E-state index contributed by atoms with van der Waals surface area (Å²) in [5, 5.41) is 12.2. The molecule has 1 aromatic heterocycles. The van der Waals surface area contributed by atoms with Crippen molar-refractivity contribution in [2.75, 3.05) is 5.32 Å². The fourth-order valence-electron chi connectivity index (χ4n) is 1.82. The number of nitrogens with zero attached hydrogens (tertiary/aromatic N) is 1. The van der Waals surface area contributed by atoms with Crippen LogP contribution in [-0.2, 0) is 12.0 Å². The lowest BCUT2D eigenvalue weighted by atomic mass is 9.95. The first kappa shape index (κ1) is 14.5. The van der Waals surface area contributed by atoms with Crippen LogP contribution in [0.1, 0.15) is 36.1 Å². The summed E-state index contributed by atoms with van der Waals surface area (Å²) in [5.74, 6) is -0.391. The second-order valence-electron chi connectivity index (χ2n) is 5.67. The van der Waals surface area contributed by atoms with Gasteiger partial charge in [0.15, 0.2) is 0 Å². The van der Waals surface area contributed by atoms with Gasteiger partial charge in [-0.15, -0.1) is 11.3 Å². The third-order valence-electron chi connectivity index (χ3n) is 2.96. The zero-order valence-electron chi connectivity index (χ0n) is 11.8. The summed E-state index contributed by atoms with van der Waals surface area (Å²) in [6.45, 7) is 7.19. The molecule has 4 heteroatoms. The van der Waals surface area contributed by atoms with Gasteiger partial charge in [0.1, 0.15) is 11.9 Å². The lowest BCUT2D eigenvalue weighted by Gasteiger charge is -2.15. The van der Waals surface area contributed by atoms with Crippen LogP contribution in [0.5, 0.6) is 0 Å². The van der Waals surface area contributed by atoms with Crippen molar-refractivity contribution < 1.29 is 4.39 Å². The summed E-state index contributed by atoms with van der Waals surface area (Å²) in [5.41, 5.74) is 1.15. The fraction of sp³-hybridized carbons (Fsp3) is 0.312. The lowest BCUT2D eigenvalue weighted by Crippen LogP contribution is -2.07. The van der Waals surface area contributed by atoms with Crippen molar-refractivity contribution in [2.45, 2.75) is 32.7 Å². The number of benzene rings is 1. The van der Waals surface area contributed by atoms with Crippen molar-refractivity contribution in [1.29, 1.82) is 5.26 Å². The predicted octanol–water partition coefficient (Wildman–Crippen LogP) is 4.67. The molecule has 2 aromatic rings. The Hall–Kier alpha value is -1.86. The summed E-state index contributed by atoms with van der Waals surface area (Å²) in [6, 6.07) is 10.4. The number of anilines is 1. The normalized spacial score (nSPS) is 11.2. The summed E-state index contributed by atoms with van der Waals surface area (Å²) in [6.07, 6.45) is 0. The lowest BCUT2D eigenvalue weighted by molar-refractivity contribution is 0.604. The van der Waals surface area contributed by atoms with E-state index in [4.69, 9.17) is 5.26 Å². The molecule has 0 aliphatic carbocycles. The number of nitriles is 1. The van der Waals surface area contributed by atoms with E-state index in [1.54, 1.807) is 17.4 Å². The van der Waals surface area contributed by atoms with Crippen LogP contribution in [0.2, 0.25) is 0 Å². The fourth-order valence-corrected chi connectivity index (χ4v) is 2.83. The minimum Gasteiger partial charge on any atom is -0.379 e. The molecule has 0 saturated carbocycles. The molecule has 0 amide bonds. The molecule has 0 aliphatic heterocycles. The van der Waals surface area contributed by atoms with Crippen LogP contribution in [0.15, 0.2) is 30.3 Å². The first-order valence-corrected chi connectivity index (χ1v) is 7.24. The molecule has 1 heterocycles. The average molecular weight is 288 g/mol. The van der Waals surface area contributed by atoms with Crippen LogP contribution < -0.4 is 5.32 Å². The highest BCUT2D eigenvalue weighted by Gasteiger charge is 2.16. The van der Waals surface area contributed by atoms with Gasteiger partial charge in [0.05, 0.1) is 11.3 Å². The highest BCUT2D eigenvalue weighted by molar-refractivity contribution is 7.12. The number of hydrogen-bond acceptors (Lipinski definition) is 3. The first-order chi connectivity index (χ1) is 9.40. The maximum Gasteiger partial charge on any atom is 0.124 e. The van der Waals surface area contributed by atoms with Crippen LogP contribution in [-0.4, -0.2) is 0 Å². The monoisotopic (exact) mass is 288 g/mol. The van der Waals surface area contributed by atoms with E-state index in [0.29, 0.717) is 17.8 Å². The minimum atomic E-state index is -0.391. The maximum absolute atomic E-state index is 13.1. The van der Waals surface area contributed by atoms with Crippen molar-refractivity contribution >= 4 is 17.0 Å². The molecule has 0 fully saturated rings. The smallest absolute Gasteiger partial charge is 0.124 e. The molecule has 0 aliphatic rings. The summed E-state index contributed by atoms with van der Waals surface area (Å²) >= 11 is 1.76. The predicted molar refractivity (Wildman–Crippen MR) is 81.5 cm³/mol. The SMILES string of the molecule is CC(C)(C)c1ccc(CNc2ccc(F)cc2C#N)s1. The van der Waals surface area contributed by atoms with Crippen LogP contribution in [0.3, 0.4) is 0 Å². The highest BCUT2D eigenvalue weighted by Crippen LogP contribution is 2.30. The number of nitrogens with one attached hydrogen (secondary N) is 1. The molecule has 104 valence electrons.